The molecule has 0 atom stereocenters. The molecule has 0 saturated heterocycles. The minimum absolute atomic E-state index is 0.138. The molecule has 8 heteroatoms. The van der Waals surface area contributed by atoms with Crippen molar-refractivity contribution in [1.29, 1.82) is 0 Å². The molecule has 0 fully saturated rings. The van der Waals surface area contributed by atoms with Gasteiger partial charge in [0.05, 0.1) is 5.75 Å². The summed E-state index contributed by atoms with van der Waals surface area (Å²) in [5, 5.41) is 1.38. The van der Waals surface area contributed by atoms with E-state index in [0.717, 1.165) is 5.56 Å². The summed E-state index contributed by atoms with van der Waals surface area (Å²) in [6.45, 7) is 2.22. The molecule has 2 aromatic carbocycles. The lowest BCUT2D eigenvalue weighted by Crippen LogP contribution is -2.29. The van der Waals surface area contributed by atoms with E-state index in [-0.39, 0.29) is 18.9 Å². The van der Waals surface area contributed by atoms with Crippen LogP contribution in [-0.2, 0) is 15.8 Å². The highest BCUT2D eigenvalue weighted by Gasteiger charge is 2.13. The minimum Gasteiger partial charge on any atom is -0.492 e. The van der Waals surface area contributed by atoms with E-state index in [1.54, 1.807) is 24.3 Å². The molecule has 2 aromatic rings. The molecule has 0 aliphatic rings. The van der Waals surface area contributed by atoms with E-state index in [9.17, 15) is 8.42 Å². The Morgan fingerprint density at radius 1 is 1.04 bits per heavy atom. The van der Waals surface area contributed by atoms with Crippen LogP contribution in [0.1, 0.15) is 11.1 Å². The van der Waals surface area contributed by atoms with E-state index in [2.05, 4.69) is 4.72 Å². The van der Waals surface area contributed by atoms with Gasteiger partial charge in [0.15, 0.2) is 0 Å². The largest absolute Gasteiger partial charge is 0.492 e. The highest BCUT2D eigenvalue weighted by Crippen LogP contribution is 2.23. The second-order valence-electron chi connectivity index (χ2n) is 5.15. The van der Waals surface area contributed by atoms with Crippen molar-refractivity contribution in [3.63, 3.8) is 0 Å². The van der Waals surface area contributed by atoms with E-state index in [1.807, 2.05) is 13.0 Å². The van der Waals surface area contributed by atoms with Crippen LogP contribution in [0.5, 0.6) is 5.75 Å². The van der Waals surface area contributed by atoms with E-state index in [4.69, 9.17) is 39.5 Å². The van der Waals surface area contributed by atoms with Crippen molar-refractivity contribution in [1.82, 2.24) is 4.72 Å². The number of rotatable bonds is 7. The van der Waals surface area contributed by atoms with Crippen LogP contribution in [0.4, 0.5) is 0 Å². The first-order valence-corrected chi connectivity index (χ1v) is 9.86. The Balaban J connectivity index is 1.85. The van der Waals surface area contributed by atoms with Gasteiger partial charge in [0.2, 0.25) is 10.0 Å². The molecule has 0 aliphatic heterocycles. The summed E-state index contributed by atoms with van der Waals surface area (Å²) in [6, 6.07) is 10.0. The first-order chi connectivity index (χ1) is 11.3. The molecule has 2 rings (SSSR count). The van der Waals surface area contributed by atoms with E-state index in [0.29, 0.717) is 26.4 Å². The number of nitrogens with one attached hydrogen (secondary N) is 1. The molecule has 0 heterocycles. The molecule has 0 aliphatic carbocycles. The number of aryl methyl sites for hydroxylation is 1. The van der Waals surface area contributed by atoms with Gasteiger partial charge >= 0.3 is 0 Å². The van der Waals surface area contributed by atoms with Gasteiger partial charge in [-0.15, -0.1) is 0 Å². The number of hydrogen-bond donors (Lipinski definition) is 1. The molecule has 1 N–H and O–H groups in total. The fourth-order valence-corrected chi connectivity index (χ4v) is 3.81. The van der Waals surface area contributed by atoms with Crippen molar-refractivity contribution in [2.75, 3.05) is 13.2 Å². The van der Waals surface area contributed by atoms with Gasteiger partial charge in [-0.25, -0.2) is 13.1 Å². The Morgan fingerprint density at radius 3 is 2.46 bits per heavy atom. The predicted octanol–water partition coefficient (Wildman–Crippen LogP) is 4.45. The number of hydrogen-bond acceptors (Lipinski definition) is 3. The first kappa shape index (κ1) is 19.3. The van der Waals surface area contributed by atoms with Crippen LogP contribution < -0.4 is 9.46 Å². The van der Waals surface area contributed by atoms with Crippen molar-refractivity contribution in [3.05, 3.63) is 62.6 Å². The number of halogens is 3. The minimum atomic E-state index is -3.52. The molecule has 130 valence electrons. The third-order valence-electron chi connectivity index (χ3n) is 3.20. The van der Waals surface area contributed by atoms with Crippen molar-refractivity contribution < 1.29 is 13.2 Å². The van der Waals surface area contributed by atoms with E-state index < -0.39 is 10.0 Å². The van der Waals surface area contributed by atoms with E-state index in [1.165, 1.54) is 6.07 Å². The van der Waals surface area contributed by atoms with Gasteiger partial charge in [-0.2, -0.15) is 0 Å². The Kier molecular flexibility index (Phi) is 6.78. The molecule has 0 unspecified atom stereocenters. The van der Waals surface area contributed by atoms with E-state index >= 15 is 0 Å². The number of sulfonamides is 1. The maximum Gasteiger partial charge on any atom is 0.215 e. The number of benzene rings is 2. The normalized spacial score (nSPS) is 11.5. The fourth-order valence-electron chi connectivity index (χ4n) is 1.92. The quantitative estimate of drug-likeness (QED) is 0.688. The van der Waals surface area contributed by atoms with Gasteiger partial charge in [0, 0.05) is 21.6 Å². The molecule has 0 spiro atoms. The van der Waals surface area contributed by atoms with Gasteiger partial charge in [0.1, 0.15) is 12.4 Å². The van der Waals surface area contributed by atoms with Gasteiger partial charge < -0.3 is 4.74 Å². The molecule has 4 nitrogen and oxygen atoms in total. The molecule has 0 saturated carbocycles. The topological polar surface area (TPSA) is 55.4 Å². The van der Waals surface area contributed by atoms with Gasteiger partial charge in [-0.1, -0.05) is 46.9 Å². The maximum absolute atomic E-state index is 12.1. The van der Waals surface area contributed by atoms with Crippen LogP contribution in [0.25, 0.3) is 0 Å². The Morgan fingerprint density at radius 2 is 1.79 bits per heavy atom. The molecule has 24 heavy (non-hydrogen) atoms. The summed E-state index contributed by atoms with van der Waals surface area (Å²) in [5.74, 6) is 0.366. The standard InChI is InChI=1S/C16H16Cl3NO3S/c1-11-2-5-14(9-15(11)18)23-7-6-20-24(21,22)10-12-3-4-13(17)8-16(12)19/h2-5,8-9,20H,6-7,10H2,1H3. The van der Waals surface area contributed by atoms with Crippen LogP contribution in [0.2, 0.25) is 15.1 Å². The van der Waals surface area contributed by atoms with Crippen LogP contribution >= 0.6 is 34.8 Å². The van der Waals surface area contributed by atoms with Crippen LogP contribution in [0, 0.1) is 6.92 Å². The summed E-state index contributed by atoms with van der Waals surface area (Å²) < 4.78 is 32.1. The zero-order valence-corrected chi connectivity index (χ0v) is 15.9. The van der Waals surface area contributed by atoms with Gasteiger partial charge in [-0.05, 0) is 42.3 Å². The van der Waals surface area contributed by atoms with Crippen molar-refractivity contribution in [2.45, 2.75) is 12.7 Å². The van der Waals surface area contributed by atoms with Crippen molar-refractivity contribution in [2.24, 2.45) is 0 Å². The highest BCUT2D eigenvalue weighted by atomic mass is 35.5. The zero-order chi connectivity index (χ0) is 17.7. The van der Waals surface area contributed by atoms with Crippen molar-refractivity contribution >= 4 is 44.8 Å². The lowest BCUT2D eigenvalue weighted by atomic mass is 10.2. The third-order valence-corrected chi connectivity index (χ3v) is 5.53. The predicted molar refractivity (Wildman–Crippen MR) is 98.8 cm³/mol. The molecule has 0 aromatic heterocycles. The number of ether oxygens (including phenoxy) is 1. The summed E-state index contributed by atoms with van der Waals surface area (Å²) in [7, 11) is -3.52. The Bertz CT molecular complexity index is 825. The molecule has 0 amide bonds. The SMILES string of the molecule is Cc1ccc(OCCNS(=O)(=O)Cc2ccc(Cl)cc2Cl)cc1Cl. The smallest absolute Gasteiger partial charge is 0.215 e. The first-order valence-electron chi connectivity index (χ1n) is 7.07. The van der Waals surface area contributed by atoms with Gasteiger partial charge in [0.25, 0.3) is 0 Å². The fraction of sp³-hybridized carbons (Fsp3) is 0.250. The Labute approximate surface area is 156 Å². The van der Waals surface area contributed by atoms with Crippen molar-refractivity contribution in [3.8, 4) is 5.75 Å². The average Bonchev–Trinajstić information content (AvgIpc) is 2.50. The second kappa shape index (κ2) is 8.41. The molecular formula is C16H16Cl3NO3S. The summed E-state index contributed by atoms with van der Waals surface area (Å²) in [5.41, 5.74) is 1.43. The zero-order valence-electron chi connectivity index (χ0n) is 12.9. The highest BCUT2D eigenvalue weighted by molar-refractivity contribution is 7.88. The third kappa shape index (κ3) is 5.83. The van der Waals surface area contributed by atoms with Crippen LogP contribution in [-0.4, -0.2) is 21.6 Å². The van der Waals surface area contributed by atoms with Crippen LogP contribution in [0.15, 0.2) is 36.4 Å². The van der Waals surface area contributed by atoms with Crippen LogP contribution in [0.3, 0.4) is 0 Å². The maximum atomic E-state index is 12.1. The van der Waals surface area contributed by atoms with Gasteiger partial charge in [-0.3, -0.25) is 0 Å². The summed E-state index contributed by atoms with van der Waals surface area (Å²) >= 11 is 17.8. The lowest BCUT2D eigenvalue weighted by molar-refractivity contribution is 0.323. The summed E-state index contributed by atoms with van der Waals surface area (Å²) in [6.07, 6.45) is 0. The average molecular weight is 409 g/mol. The lowest BCUT2D eigenvalue weighted by Gasteiger charge is -2.10. The summed E-state index contributed by atoms with van der Waals surface area (Å²) in [4.78, 5) is 0. The molecular weight excluding hydrogens is 393 g/mol. The second-order valence-corrected chi connectivity index (χ2v) is 8.21. The molecule has 0 bridgehead atoms. The molecule has 0 radical (unpaired) electrons. The monoisotopic (exact) mass is 407 g/mol. The Hall–Kier alpha value is -0.980.